The Morgan fingerprint density at radius 2 is 2.13 bits per heavy atom. The van der Waals surface area contributed by atoms with Gasteiger partial charge in [-0.1, -0.05) is 11.3 Å². The summed E-state index contributed by atoms with van der Waals surface area (Å²) in [7, 11) is 1.63. The summed E-state index contributed by atoms with van der Waals surface area (Å²) in [6.07, 6.45) is 5.42. The van der Waals surface area contributed by atoms with E-state index < -0.39 is 0 Å². The molecule has 4 rings (SSSR count). The number of ether oxygens (including phenoxy) is 2. The molecular formula is C20H24ClN5O3S. The first kappa shape index (κ1) is 22.4. The number of halogens is 1. The number of rotatable bonds is 7. The minimum absolute atomic E-state index is 0. The van der Waals surface area contributed by atoms with Crippen LogP contribution in [0, 0.1) is 0 Å². The normalized spacial score (nSPS) is 14.3. The summed E-state index contributed by atoms with van der Waals surface area (Å²) in [6.45, 7) is 4.86. The Kier molecular flexibility index (Phi) is 7.92. The van der Waals surface area contributed by atoms with Gasteiger partial charge in [0.2, 0.25) is 0 Å². The maximum absolute atomic E-state index is 13.2. The monoisotopic (exact) mass is 449 g/mol. The van der Waals surface area contributed by atoms with Crippen molar-refractivity contribution in [3.8, 4) is 5.75 Å². The smallest absolute Gasteiger partial charge is 0.280 e. The van der Waals surface area contributed by atoms with Gasteiger partial charge in [-0.05, 0) is 18.6 Å². The van der Waals surface area contributed by atoms with Crippen LogP contribution in [0.1, 0.15) is 16.9 Å². The first-order chi connectivity index (χ1) is 14.2. The molecule has 0 aliphatic carbocycles. The van der Waals surface area contributed by atoms with Crippen LogP contribution in [-0.4, -0.2) is 72.3 Å². The van der Waals surface area contributed by atoms with Crippen LogP contribution in [-0.2, 0) is 4.74 Å². The first-order valence-corrected chi connectivity index (χ1v) is 10.4. The maximum atomic E-state index is 13.2. The van der Waals surface area contributed by atoms with E-state index in [1.807, 2.05) is 18.2 Å². The van der Waals surface area contributed by atoms with Crippen molar-refractivity contribution in [2.24, 2.45) is 0 Å². The fraction of sp³-hybridized carbons (Fsp3) is 0.400. The van der Waals surface area contributed by atoms with Crippen LogP contribution >= 0.6 is 23.7 Å². The zero-order chi connectivity index (χ0) is 20.1. The lowest BCUT2D eigenvalue weighted by molar-refractivity contribution is 0.0376. The Morgan fingerprint density at radius 1 is 1.30 bits per heavy atom. The third-order valence-corrected chi connectivity index (χ3v) is 5.86. The number of amides is 1. The van der Waals surface area contributed by atoms with Gasteiger partial charge >= 0.3 is 0 Å². The Morgan fingerprint density at radius 3 is 2.87 bits per heavy atom. The number of fused-ring (bicyclic) bond motifs is 1. The van der Waals surface area contributed by atoms with E-state index in [0.717, 1.165) is 55.2 Å². The quantitative estimate of drug-likeness (QED) is 0.548. The lowest BCUT2D eigenvalue weighted by atomic mass is 10.3. The van der Waals surface area contributed by atoms with Gasteiger partial charge in [-0.2, -0.15) is 0 Å². The molecule has 160 valence electrons. The second-order valence-corrected chi connectivity index (χ2v) is 7.69. The van der Waals surface area contributed by atoms with Crippen LogP contribution in [0.5, 0.6) is 5.75 Å². The molecule has 0 atom stereocenters. The van der Waals surface area contributed by atoms with Gasteiger partial charge in [0.1, 0.15) is 11.4 Å². The van der Waals surface area contributed by atoms with E-state index in [4.69, 9.17) is 14.5 Å². The van der Waals surface area contributed by atoms with Gasteiger partial charge in [0.15, 0.2) is 5.13 Å². The molecule has 1 amide bonds. The number of nitrogens with zero attached hydrogens (tertiary/aromatic N) is 5. The van der Waals surface area contributed by atoms with Crippen molar-refractivity contribution in [3.63, 3.8) is 0 Å². The second-order valence-electron chi connectivity index (χ2n) is 6.69. The Bertz CT molecular complexity index is 965. The molecule has 0 spiro atoms. The van der Waals surface area contributed by atoms with E-state index in [1.54, 1.807) is 18.2 Å². The second kappa shape index (κ2) is 10.6. The fourth-order valence-electron chi connectivity index (χ4n) is 3.25. The number of hydrogen-bond donors (Lipinski definition) is 0. The topological polar surface area (TPSA) is 80.7 Å². The third kappa shape index (κ3) is 5.23. The van der Waals surface area contributed by atoms with Gasteiger partial charge in [0.25, 0.3) is 5.91 Å². The van der Waals surface area contributed by atoms with Crippen LogP contribution in [0.15, 0.2) is 36.8 Å². The number of thiazole rings is 1. The van der Waals surface area contributed by atoms with Gasteiger partial charge in [0.05, 0.1) is 36.7 Å². The van der Waals surface area contributed by atoms with Gasteiger partial charge in [-0.25, -0.2) is 9.97 Å². The van der Waals surface area contributed by atoms with E-state index in [9.17, 15) is 4.79 Å². The van der Waals surface area contributed by atoms with Crippen LogP contribution in [0.25, 0.3) is 10.2 Å². The molecule has 0 radical (unpaired) electrons. The highest BCUT2D eigenvalue weighted by Crippen LogP contribution is 2.32. The van der Waals surface area contributed by atoms with Gasteiger partial charge in [-0.15, -0.1) is 12.4 Å². The van der Waals surface area contributed by atoms with Crippen molar-refractivity contribution in [2.45, 2.75) is 6.42 Å². The molecule has 10 heteroatoms. The Balaban J connectivity index is 0.00000256. The third-order valence-electron chi connectivity index (χ3n) is 4.80. The highest BCUT2D eigenvalue weighted by molar-refractivity contribution is 7.22. The summed E-state index contributed by atoms with van der Waals surface area (Å²) >= 11 is 1.49. The van der Waals surface area contributed by atoms with E-state index in [1.165, 1.54) is 23.7 Å². The minimum atomic E-state index is -0.189. The largest absolute Gasteiger partial charge is 0.497 e. The molecule has 30 heavy (non-hydrogen) atoms. The molecule has 1 aliphatic rings. The molecule has 0 N–H and O–H groups in total. The molecule has 1 aromatic carbocycles. The number of anilines is 1. The summed E-state index contributed by atoms with van der Waals surface area (Å²) in [5, 5.41) is 0.658. The highest BCUT2D eigenvalue weighted by Gasteiger charge is 2.23. The molecule has 2 aromatic heterocycles. The van der Waals surface area contributed by atoms with E-state index in [0.29, 0.717) is 17.4 Å². The number of aromatic nitrogens is 3. The molecular weight excluding hydrogens is 426 g/mol. The molecule has 0 bridgehead atoms. The van der Waals surface area contributed by atoms with Crippen molar-refractivity contribution >= 4 is 45.0 Å². The van der Waals surface area contributed by atoms with Crippen LogP contribution in [0.2, 0.25) is 0 Å². The Hall–Kier alpha value is -2.33. The van der Waals surface area contributed by atoms with Crippen LogP contribution in [0.4, 0.5) is 5.13 Å². The van der Waals surface area contributed by atoms with Crippen LogP contribution < -0.4 is 9.64 Å². The van der Waals surface area contributed by atoms with Crippen molar-refractivity contribution in [1.82, 2.24) is 19.9 Å². The Labute approximate surface area is 185 Å². The number of morpholine rings is 1. The molecule has 3 aromatic rings. The van der Waals surface area contributed by atoms with E-state index in [2.05, 4.69) is 14.9 Å². The zero-order valence-corrected chi connectivity index (χ0v) is 18.3. The maximum Gasteiger partial charge on any atom is 0.280 e. The number of hydrogen-bond acceptors (Lipinski definition) is 8. The van der Waals surface area contributed by atoms with Crippen molar-refractivity contribution in [1.29, 1.82) is 0 Å². The summed E-state index contributed by atoms with van der Waals surface area (Å²) in [5.74, 6) is 0.555. The summed E-state index contributed by atoms with van der Waals surface area (Å²) in [4.78, 5) is 30.1. The number of carbonyl (C=O) groups is 1. The van der Waals surface area contributed by atoms with Crippen molar-refractivity contribution in [2.75, 3.05) is 51.4 Å². The van der Waals surface area contributed by atoms with E-state index >= 15 is 0 Å². The summed E-state index contributed by atoms with van der Waals surface area (Å²) in [5.41, 5.74) is 1.13. The molecule has 1 fully saturated rings. The minimum Gasteiger partial charge on any atom is -0.497 e. The number of methoxy groups -OCH3 is 1. The predicted molar refractivity (Wildman–Crippen MR) is 119 cm³/mol. The lowest BCUT2D eigenvalue weighted by Crippen LogP contribution is -2.39. The first-order valence-electron chi connectivity index (χ1n) is 9.57. The lowest BCUT2D eigenvalue weighted by Gasteiger charge is -2.27. The van der Waals surface area contributed by atoms with Gasteiger partial charge in [-0.3, -0.25) is 19.6 Å². The van der Waals surface area contributed by atoms with Crippen LogP contribution in [0.3, 0.4) is 0 Å². The SMILES string of the molecule is COc1ccc2sc(N(CCCN3CCOCC3)C(=O)c3cnccn3)nc2c1.Cl. The average Bonchev–Trinajstić information content (AvgIpc) is 3.20. The number of benzene rings is 1. The standard InChI is InChI=1S/C20H23N5O3S.ClH/c1-27-15-3-4-18-16(13-15)23-20(29-18)25(19(26)17-14-21-5-6-22-17)8-2-7-24-9-11-28-12-10-24;/h3-6,13-14H,2,7-12H2,1H3;1H. The fourth-order valence-corrected chi connectivity index (χ4v) is 4.22. The van der Waals surface area contributed by atoms with Crippen molar-refractivity contribution < 1.29 is 14.3 Å². The highest BCUT2D eigenvalue weighted by atomic mass is 35.5. The van der Waals surface area contributed by atoms with E-state index in [-0.39, 0.29) is 18.3 Å². The van der Waals surface area contributed by atoms with Gasteiger partial charge in [0, 0.05) is 44.6 Å². The summed E-state index contributed by atoms with van der Waals surface area (Å²) in [6, 6.07) is 5.75. The predicted octanol–water partition coefficient (Wildman–Crippen LogP) is 2.89. The number of carbonyl (C=O) groups excluding carboxylic acids is 1. The zero-order valence-electron chi connectivity index (χ0n) is 16.7. The average molecular weight is 450 g/mol. The molecule has 1 saturated heterocycles. The molecule has 0 saturated carbocycles. The molecule has 8 nitrogen and oxygen atoms in total. The molecule has 3 heterocycles. The molecule has 0 unspecified atom stereocenters. The van der Waals surface area contributed by atoms with Gasteiger partial charge < -0.3 is 9.47 Å². The van der Waals surface area contributed by atoms with Crippen molar-refractivity contribution in [3.05, 3.63) is 42.5 Å². The molecule has 1 aliphatic heterocycles. The summed E-state index contributed by atoms with van der Waals surface area (Å²) < 4.78 is 11.7.